The van der Waals surface area contributed by atoms with Gasteiger partial charge in [-0.05, 0) is 39.0 Å². The van der Waals surface area contributed by atoms with Crippen LogP contribution >= 0.6 is 0 Å². The molecule has 2 aliphatic carbocycles. The largest absolute Gasteiger partial charge is 0.465 e. The van der Waals surface area contributed by atoms with Crippen molar-refractivity contribution in [3.63, 3.8) is 0 Å². The molecule has 2 aromatic rings. The maximum atomic E-state index is 13.2. The molecule has 0 unspecified atom stereocenters. The summed E-state index contributed by atoms with van der Waals surface area (Å²) in [4.78, 5) is 18.9. The summed E-state index contributed by atoms with van der Waals surface area (Å²) in [5.74, 6) is 1.66. The summed E-state index contributed by atoms with van der Waals surface area (Å²) < 4.78 is 7.79. The molecular formula is C19H25N3O3. The van der Waals surface area contributed by atoms with Crippen molar-refractivity contribution in [1.29, 1.82) is 0 Å². The monoisotopic (exact) mass is 343 g/mol. The first-order valence-corrected chi connectivity index (χ1v) is 9.11. The maximum absolute atomic E-state index is 13.2. The van der Waals surface area contributed by atoms with Gasteiger partial charge in [-0.1, -0.05) is 0 Å². The number of nitrogens with zero attached hydrogens (tertiary/aromatic N) is 3. The van der Waals surface area contributed by atoms with Gasteiger partial charge in [0.15, 0.2) is 0 Å². The average Bonchev–Trinajstić information content (AvgIpc) is 3.31. The third-order valence-corrected chi connectivity index (χ3v) is 5.83. The van der Waals surface area contributed by atoms with E-state index in [2.05, 4.69) is 4.98 Å². The first kappa shape index (κ1) is 16.4. The Morgan fingerprint density at radius 3 is 2.92 bits per heavy atom. The molecule has 0 bridgehead atoms. The summed E-state index contributed by atoms with van der Waals surface area (Å²) in [6, 6.07) is -0.212. The van der Waals surface area contributed by atoms with Gasteiger partial charge in [-0.25, -0.2) is 4.98 Å². The SMILES string of the molecule is Cc1oc2c(c1C(=O)N(C)[C@@H]1CC[C@@H](n3ccnc3)[C@@H]1O)CCCC2. The van der Waals surface area contributed by atoms with Crippen molar-refractivity contribution in [1.82, 2.24) is 14.5 Å². The lowest BCUT2D eigenvalue weighted by atomic mass is 9.94. The molecule has 1 saturated carbocycles. The molecule has 134 valence electrons. The normalized spacial score (nSPS) is 25.8. The Morgan fingerprint density at radius 1 is 1.36 bits per heavy atom. The fourth-order valence-corrected chi connectivity index (χ4v) is 4.46. The molecule has 4 rings (SSSR count). The zero-order chi connectivity index (χ0) is 17.6. The Bertz CT molecular complexity index is 765. The van der Waals surface area contributed by atoms with Gasteiger partial charge >= 0.3 is 0 Å². The minimum Gasteiger partial charge on any atom is -0.465 e. The van der Waals surface area contributed by atoms with E-state index in [1.165, 1.54) is 0 Å². The predicted octanol–water partition coefficient (Wildman–Crippen LogP) is 2.50. The van der Waals surface area contributed by atoms with Gasteiger partial charge in [-0.2, -0.15) is 0 Å². The molecule has 2 aliphatic rings. The molecule has 1 N–H and O–H groups in total. The number of aryl methyl sites for hydroxylation is 2. The number of rotatable bonds is 3. The summed E-state index contributed by atoms with van der Waals surface area (Å²) in [6.07, 6.45) is 10.4. The number of hydrogen-bond donors (Lipinski definition) is 1. The Hall–Kier alpha value is -2.08. The van der Waals surface area contributed by atoms with Crippen LogP contribution in [0.4, 0.5) is 0 Å². The molecule has 6 heteroatoms. The average molecular weight is 343 g/mol. The number of aliphatic hydroxyl groups excluding tert-OH is 1. The van der Waals surface area contributed by atoms with Crippen LogP contribution in [0.2, 0.25) is 0 Å². The van der Waals surface area contributed by atoms with E-state index in [1.807, 2.05) is 17.7 Å². The summed E-state index contributed by atoms with van der Waals surface area (Å²) in [5.41, 5.74) is 1.80. The zero-order valence-corrected chi connectivity index (χ0v) is 14.8. The molecular weight excluding hydrogens is 318 g/mol. The summed E-state index contributed by atoms with van der Waals surface area (Å²) in [6.45, 7) is 1.87. The second-order valence-corrected chi connectivity index (χ2v) is 7.27. The number of likely N-dealkylation sites (N-methyl/N-ethyl adjacent to an activating group) is 1. The molecule has 1 amide bonds. The fourth-order valence-electron chi connectivity index (χ4n) is 4.46. The van der Waals surface area contributed by atoms with E-state index in [9.17, 15) is 9.90 Å². The Kier molecular flexibility index (Phi) is 4.15. The van der Waals surface area contributed by atoms with Crippen LogP contribution in [0, 0.1) is 6.92 Å². The highest BCUT2D eigenvalue weighted by Gasteiger charge is 2.40. The third-order valence-electron chi connectivity index (χ3n) is 5.83. The van der Waals surface area contributed by atoms with Crippen molar-refractivity contribution >= 4 is 5.91 Å². The molecule has 2 heterocycles. The van der Waals surface area contributed by atoms with Crippen LogP contribution in [0.15, 0.2) is 23.1 Å². The molecule has 0 aromatic carbocycles. The number of carbonyl (C=O) groups excluding carboxylic acids is 1. The van der Waals surface area contributed by atoms with E-state index in [4.69, 9.17) is 4.42 Å². The van der Waals surface area contributed by atoms with Gasteiger partial charge in [0.25, 0.3) is 5.91 Å². The number of amides is 1. The van der Waals surface area contributed by atoms with E-state index in [-0.39, 0.29) is 18.0 Å². The van der Waals surface area contributed by atoms with Crippen LogP contribution in [0.3, 0.4) is 0 Å². The highest BCUT2D eigenvalue weighted by atomic mass is 16.3. The number of aliphatic hydroxyl groups is 1. The van der Waals surface area contributed by atoms with Crippen molar-refractivity contribution in [2.24, 2.45) is 0 Å². The number of hydrogen-bond acceptors (Lipinski definition) is 4. The van der Waals surface area contributed by atoms with Gasteiger partial charge in [0, 0.05) is 31.4 Å². The highest BCUT2D eigenvalue weighted by molar-refractivity contribution is 5.97. The number of fused-ring (bicyclic) bond motifs is 1. The van der Waals surface area contributed by atoms with Gasteiger partial charge in [-0.3, -0.25) is 4.79 Å². The summed E-state index contributed by atoms with van der Waals surface area (Å²) in [7, 11) is 1.80. The van der Waals surface area contributed by atoms with Gasteiger partial charge < -0.3 is 19.0 Å². The van der Waals surface area contributed by atoms with Gasteiger partial charge in [0.2, 0.25) is 0 Å². The minimum atomic E-state index is -0.591. The van der Waals surface area contributed by atoms with E-state index in [1.54, 1.807) is 24.5 Å². The van der Waals surface area contributed by atoms with Crippen LogP contribution in [-0.2, 0) is 12.8 Å². The summed E-state index contributed by atoms with van der Waals surface area (Å²) in [5, 5.41) is 10.8. The molecule has 0 saturated heterocycles. The lowest BCUT2D eigenvalue weighted by molar-refractivity contribution is 0.0441. The molecule has 6 nitrogen and oxygen atoms in total. The van der Waals surface area contributed by atoms with Crippen LogP contribution in [0.5, 0.6) is 0 Å². The number of imidazole rings is 1. The van der Waals surface area contributed by atoms with Gasteiger partial charge in [-0.15, -0.1) is 0 Å². The summed E-state index contributed by atoms with van der Waals surface area (Å²) >= 11 is 0. The first-order valence-electron chi connectivity index (χ1n) is 9.11. The predicted molar refractivity (Wildman–Crippen MR) is 92.5 cm³/mol. The fraction of sp³-hybridized carbons (Fsp3) is 0.579. The molecule has 1 fully saturated rings. The van der Waals surface area contributed by atoms with Crippen molar-refractivity contribution in [3.05, 3.63) is 41.4 Å². The molecule has 3 atom stereocenters. The standard InChI is InChI=1S/C19H25N3O3/c1-12-17(13-5-3-4-6-16(13)25-12)19(24)21(2)14-7-8-15(18(14)23)22-10-9-20-11-22/h9-11,14-15,18,23H,3-8H2,1-2H3/t14-,15-,18-/m1/s1. The van der Waals surface area contributed by atoms with E-state index < -0.39 is 6.10 Å². The molecule has 25 heavy (non-hydrogen) atoms. The highest BCUT2D eigenvalue weighted by Crippen LogP contribution is 2.35. The van der Waals surface area contributed by atoms with E-state index in [0.717, 1.165) is 55.4 Å². The number of carbonyl (C=O) groups is 1. The molecule has 0 aliphatic heterocycles. The van der Waals surface area contributed by atoms with Gasteiger partial charge in [0.1, 0.15) is 11.5 Å². The Labute approximate surface area is 147 Å². The smallest absolute Gasteiger partial charge is 0.257 e. The van der Waals surface area contributed by atoms with E-state index in [0.29, 0.717) is 5.76 Å². The zero-order valence-electron chi connectivity index (χ0n) is 14.8. The second-order valence-electron chi connectivity index (χ2n) is 7.27. The lowest BCUT2D eigenvalue weighted by Crippen LogP contribution is -2.43. The van der Waals surface area contributed by atoms with Crippen LogP contribution in [0.1, 0.15) is 59.2 Å². The quantitative estimate of drug-likeness (QED) is 0.929. The second kappa shape index (κ2) is 6.33. The topological polar surface area (TPSA) is 71.5 Å². The molecule has 0 spiro atoms. The van der Waals surface area contributed by atoms with Gasteiger partial charge in [0.05, 0.1) is 30.1 Å². The van der Waals surface area contributed by atoms with Crippen LogP contribution in [0.25, 0.3) is 0 Å². The van der Waals surface area contributed by atoms with Crippen molar-refractivity contribution in [2.75, 3.05) is 7.05 Å². The Morgan fingerprint density at radius 2 is 2.16 bits per heavy atom. The number of aromatic nitrogens is 2. The molecule has 2 aromatic heterocycles. The Balaban J connectivity index is 1.56. The van der Waals surface area contributed by atoms with Crippen LogP contribution in [-0.4, -0.2) is 44.7 Å². The van der Waals surface area contributed by atoms with Crippen molar-refractivity contribution in [2.45, 2.75) is 63.6 Å². The van der Waals surface area contributed by atoms with Crippen molar-refractivity contribution < 1.29 is 14.3 Å². The van der Waals surface area contributed by atoms with E-state index >= 15 is 0 Å². The number of furan rings is 1. The molecule has 0 radical (unpaired) electrons. The minimum absolute atomic E-state index is 0.0258. The van der Waals surface area contributed by atoms with Crippen LogP contribution < -0.4 is 0 Å². The first-order chi connectivity index (χ1) is 12.1. The van der Waals surface area contributed by atoms with Crippen molar-refractivity contribution in [3.8, 4) is 0 Å². The maximum Gasteiger partial charge on any atom is 0.257 e. The lowest BCUT2D eigenvalue weighted by Gasteiger charge is -2.29. The third kappa shape index (κ3) is 2.68.